The molecule has 7 heteroatoms. The van der Waals surface area contributed by atoms with Crippen molar-refractivity contribution in [3.63, 3.8) is 0 Å². The molecule has 0 unspecified atom stereocenters. The average molecular weight is 457 g/mol. The number of amides is 1. The molecule has 1 saturated heterocycles. The minimum absolute atomic E-state index is 0.0966. The van der Waals surface area contributed by atoms with Crippen LogP contribution < -0.4 is 5.56 Å². The third-order valence-corrected chi connectivity index (χ3v) is 6.24. The van der Waals surface area contributed by atoms with Gasteiger partial charge in [0, 0.05) is 42.9 Å². The molecule has 0 spiro atoms. The van der Waals surface area contributed by atoms with Crippen molar-refractivity contribution >= 4 is 32.7 Å². The van der Waals surface area contributed by atoms with E-state index < -0.39 is 0 Å². The van der Waals surface area contributed by atoms with Crippen LogP contribution in [0.2, 0.25) is 0 Å². The van der Waals surface area contributed by atoms with Gasteiger partial charge in [0.15, 0.2) is 0 Å². The van der Waals surface area contributed by atoms with Crippen LogP contribution in [-0.4, -0.2) is 31.5 Å². The highest BCUT2D eigenvalue weighted by molar-refractivity contribution is 9.10. The summed E-state index contributed by atoms with van der Waals surface area (Å²) in [7, 11) is 2.03. The van der Waals surface area contributed by atoms with E-state index in [0.717, 1.165) is 36.7 Å². The van der Waals surface area contributed by atoms with Crippen molar-refractivity contribution in [1.82, 2.24) is 19.0 Å². The Morgan fingerprint density at radius 1 is 1.24 bits per heavy atom. The molecule has 1 aliphatic rings. The molecule has 29 heavy (non-hydrogen) atoms. The Balaban J connectivity index is 1.54. The molecule has 2 aromatic heterocycles. The van der Waals surface area contributed by atoms with Crippen LogP contribution in [0.15, 0.2) is 52.1 Å². The largest absolute Gasteiger partial charge is 0.353 e. The van der Waals surface area contributed by atoms with Crippen LogP contribution in [0.25, 0.3) is 10.9 Å². The maximum absolute atomic E-state index is 13.1. The number of likely N-dealkylation sites (tertiary alicyclic amines) is 1. The first-order valence-electron chi connectivity index (χ1n) is 10.1. The number of aromatic nitrogens is 3. The van der Waals surface area contributed by atoms with E-state index >= 15 is 0 Å². The van der Waals surface area contributed by atoms with E-state index in [1.165, 1.54) is 5.69 Å². The van der Waals surface area contributed by atoms with Gasteiger partial charge < -0.3 is 9.47 Å². The first kappa shape index (κ1) is 19.9. The number of carbonyl (C=O) groups excluding carboxylic acids is 1. The number of fused-ring (bicyclic) bond motifs is 1. The topological polar surface area (TPSA) is 60.1 Å². The summed E-state index contributed by atoms with van der Waals surface area (Å²) in [4.78, 5) is 32.3. The summed E-state index contributed by atoms with van der Waals surface area (Å²) in [6.07, 6.45) is 8.15. The molecule has 0 bridgehead atoms. The normalized spacial score (nSPS) is 17.4. The first-order chi connectivity index (χ1) is 14.0. The summed E-state index contributed by atoms with van der Waals surface area (Å²) < 4.78 is 4.49. The van der Waals surface area contributed by atoms with E-state index in [-0.39, 0.29) is 17.5 Å². The number of halogens is 1. The van der Waals surface area contributed by atoms with Crippen molar-refractivity contribution in [2.24, 2.45) is 7.05 Å². The number of hydrogen-bond donors (Lipinski definition) is 0. The lowest BCUT2D eigenvalue weighted by Gasteiger charge is -2.31. The molecule has 0 aliphatic carbocycles. The molecule has 3 aromatic rings. The monoisotopic (exact) mass is 456 g/mol. The zero-order chi connectivity index (χ0) is 20.4. The first-order valence-corrected chi connectivity index (χ1v) is 10.9. The highest BCUT2D eigenvalue weighted by Crippen LogP contribution is 2.30. The van der Waals surface area contributed by atoms with Crippen LogP contribution in [-0.2, 0) is 18.4 Å². The molecular formula is C22H25BrN4O2. The van der Waals surface area contributed by atoms with Gasteiger partial charge in [-0.15, -0.1) is 0 Å². The molecule has 1 amide bonds. The number of hydrogen-bond acceptors (Lipinski definition) is 3. The van der Waals surface area contributed by atoms with E-state index in [1.807, 2.05) is 36.3 Å². The second-order valence-corrected chi connectivity index (χ2v) is 8.57. The van der Waals surface area contributed by atoms with Gasteiger partial charge in [-0.1, -0.05) is 28.8 Å². The van der Waals surface area contributed by atoms with Crippen molar-refractivity contribution in [3.05, 3.63) is 63.4 Å². The van der Waals surface area contributed by atoms with Crippen molar-refractivity contribution in [3.8, 4) is 0 Å². The highest BCUT2D eigenvalue weighted by atomic mass is 79.9. The van der Waals surface area contributed by atoms with Gasteiger partial charge in [-0.3, -0.25) is 14.2 Å². The van der Waals surface area contributed by atoms with Crippen molar-refractivity contribution < 1.29 is 4.79 Å². The van der Waals surface area contributed by atoms with Gasteiger partial charge in [-0.2, -0.15) is 0 Å². The summed E-state index contributed by atoms with van der Waals surface area (Å²) in [5, 5.41) is 0.561. The van der Waals surface area contributed by atoms with E-state index in [0.29, 0.717) is 23.9 Å². The van der Waals surface area contributed by atoms with Gasteiger partial charge in [-0.25, -0.2) is 4.98 Å². The number of rotatable bonds is 4. The standard InChI is InChI=1S/C22H25BrN4O2/c1-25-11-5-7-19(25)20-6-3-2-4-12-27(20)21(28)10-13-26-15-24-18-9-8-16(23)14-17(18)22(26)29/h5,7-9,11,14-15,20H,2-4,6,10,12-13H2,1H3/t20-/m1/s1. The molecule has 1 fully saturated rings. The molecule has 3 heterocycles. The van der Waals surface area contributed by atoms with Crippen LogP contribution in [0.4, 0.5) is 0 Å². The number of benzene rings is 1. The Hall–Kier alpha value is -2.41. The fourth-order valence-corrected chi connectivity index (χ4v) is 4.55. The smallest absolute Gasteiger partial charge is 0.261 e. The van der Waals surface area contributed by atoms with E-state index in [9.17, 15) is 9.59 Å². The Labute approximate surface area is 178 Å². The second kappa shape index (κ2) is 8.53. The maximum atomic E-state index is 13.1. The summed E-state index contributed by atoms with van der Waals surface area (Å²) in [6, 6.07) is 9.70. The Morgan fingerprint density at radius 2 is 2.10 bits per heavy atom. The minimum Gasteiger partial charge on any atom is -0.353 e. The molecule has 152 valence electrons. The van der Waals surface area contributed by atoms with Crippen molar-refractivity contribution in [2.75, 3.05) is 6.54 Å². The Bertz CT molecular complexity index is 1090. The van der Waals surface area contributed by atoms with Crippen molar-refractivity contribution in [2.45, 2.75) is 44.7 Å². The van der Waals surface area contributed by atoms with Gasteiger partial charge >= 0.3 is 0 Å². The van der Waals surface area contributed by atoms with Crippen molar-refractivity contribution in [1.29, 1.82) is 0 Å². The van der Waals surface area contributed by atoms with Crippen LogP contribution in [0, 0.1) is 0 Å². The third kappa shape index (κ3) is 4.15. The highest BCUT2D eigenvalue weighted by Gasteiger charge is 2.28. The van der Waals surface area contributed by atoms with Crippen LogP contribution >= 0.6 is 15.9 Å². The van der Waals surface area contributed by atoms with E-state index in [2.05, 4.69) is 31.5 Å². The Kier molecular flexibility index (Phi) is 5.85. The second-order valence-electron chi connectivity index (χ2n) is 7.65. The summed E-state index contributed by atoms with van der Waals surface area (Å²) >= 11 is 3.41. The zero-order valence-corrected chi connectivity index (χ0v) is 18.1. The molecule has 4 rings (SSSR count). The number of carbonyl (C=O) groups is 1. The van der Waals surface area contributed by atoms with Gasteiger partial charge in [0.1, 0.15) is 0 Å². The lowest BCUT2D eigenvalue weighted by atomic mass is 10.1. The molecule has 1 aromatic carbocycles. The summed E-state index contributed by atoms with van der Waals surface area (Å²) in [6.45, 7) is 1.11. The number of nitrogens with zero attached hydrogens (tertiary/aromatic N) is 4. The Morgan fingerprint density at radius 3 is 2.90 bits per heavy atom. The fraction of sp³-hybridized carbons (Fsp3) is 0.409. The third-order valence-electron chi connectivity index (χ3n) is 5.75. The molecule has 0 saturated carbocycles. The molecular weight excluding hydrogens is 432 g/mol. The van der Waals surface area contributed by atoms with Gasteiger partial charge in [0.2, 0.25) is 5.91 Å². The molecule has 1 aliphatic heterocycles. The molecule has 1 atom stereocenters. The minimum atomic E-state index is -0.112. The molecule has 0 N–H and O–H groups in total. The summed E-state index contributed by atoms with van der Waals surface area (Å²) in [5.74, 6) is 0.0966. The summed E-state index contributed by atoms with van der Waals surface area (Å²) in [5.41, 5.74) is 1.73. The predicted molar refractivity (Wildman–Crippen MR) is 117 cm³/mol. The molecule has 6 nitrogen and oxygen atoms in total. The van der Waals surface area contributed by atoms with E-state index in [4.69, 9.17) is 0 Å². The van der Waals surface area contributed by atoms with E-state index in [1.54, 1.807) is 17.0 Å². The predicted octanol–water partition coefficient (Wildman–Crippen LogP) is 4.03. The average Bonchev–Trinajstić information content (AvgIpc) is 2.99. The SMILES string of the molecule is Cn1cccc1[C@H]1CCCCCN1C(=O)CCn1cnc2ccc(Br)cc2c1=O. The zero-order valence-electron chi connectivity index (χ0n) is 16.6. The maximum Gasteiger partial charge on any atom is 0.261 e. The molecule has 0 radical (unpaired) electrons. The quantitative estimate of drug-likeness (QED) is 0.595. The van der Waals surface area contributed by atoms with Gasteiger partial charge in [-0.05, 0) is 43.2 Å². The lowest BCUT2D eigenvalue weighted by Crippen LogP contribution is -2.36. The van der Waals surface area contributed by atoms with Crippen LogP contribution in [0.3, 0.4) is 0 Å². The van der Waals surface area contributed by atoms with Gasteiger partial charge in [0.05, 0.1) is 23.3 Å². The number of aryl methyl sites for hydroxylation is 2. The fourth-order valence-electron chi connectivity index (χ4n) is 4.19. The van der Waals surface area contributed by atoms with Crippen LogP contribution in [0.5, 0.6) is 0 Å². The van der Waals surface area contributed by atoms with Gasteiger partial charge in [0.25, 0.3) is 5.56 Å². The lowest BCUT2D eigenvalue weighted by molar-refractivity contribution is -0.134. The van der Waals surface area contributed by atoms with Crippen LogP contribution in [0.1, 0.15) is 43.8 Å².